The molecular weight excluding hydrogens is 260 g/mol. The van der Waals surface area contributed by atoms with Gasteiger partial charge in [-0.3, -0.25) is 0 Å². The van der Waals surface area contributed by atoms with Gasteiger partial charge in [-0.15, -0.1) is 0 Å². The van der Waals surface area contributed by atoms with Crippen LogP contribution in [0.4, 0.5) is 0 Å². The summed E-state index contributed by atoms with van der Waals surface area (Å²) < 4.78 is 0. The Balaban J connectivity index is 1.91. The Bertz CT molecular complexity index is 632. The molecule has 0 atom stereocenters. The second-order valence-corrected chi connectivity index (χ2v) is 4.24. The minimum atomic E-state index is 0.295. The molecule has 0 bridgehead atoms. The Morgan fingerprint density at radius 1 is 1.11 bits per heavy atom. The van der Waals surface area contributed by atoms with Gasteiger partial charge in [-0.1, -0.05) is 41.0 Å². The van der Waals surface area contributed by atoms with Crippen LogP contribution in [-0.2, 0) is 11.4 Å². The average Bonchev–Trinajstić information content (AvgIpc) is 2.44. The van der Waals surface area contributed by atoms with E-state index in [9.17, 15) is 0 Å². The average molecular weight is 270 g/mol. The van der Waals surface area contributed by atoms with E-state index in [2.05, 4.69) is 17.4 Å². The highest BCUT2D eigenvalue weighted by Crippen LogP contribution is 2.09. The first-order chi connectivity index (χ1) is 9.28. The molecule has 0 aromatic heterocycles. The zero-order valence-electron chi connectivity index (χ0n) is 10.0. The van der Waals surface area contributed by atoms with E-state index in [1.165, 1.54) is 0 Å². The lowest BCUT2D eigenvalue weighted by atomic mass is 10.1. The SMILES string of the molecule is N#Cc1cccc(CO/N=[C]\c2cccc(Cl)c2)c1. The maximum atomic E-state index is 8.77. The van der Waals surface area contributed by atoms with Crippen molar-refractivity contribution in [1.29, 1.82) is 5.26 Å². The van der Waals surface area contributed by atoms with Crippen molar-refractivity contribution >= 4 is 17.8 Å². The molecule has 4 heteroatoms. The van der Waals surface area contributed by atoms with Gasteiger partial charge in [0.2, 0.25) is 0 Å². The van der Waals surface area contributed by atoms with E-state index < -0.39 is 0 Å². The van der Waals surface area contributed by atoms with Crippen LogP contribution < -0.4 is 0 Å². The highest BCUT2D eigenvalue weighted by Gasteiger charge is 1.95. The van der Waals surface area contributed by atoms with Crippen molar-refractivity contribution in [3.63, 3.8) is 0 Å². The summed E-state index contributed by atoms with van der Waals surface area (Å²) in [5, 5.41) is 13.1. The molecule has 93 valence electrons. The predicted molar refractivity (Wildman–Crippen MR) is 73.9 cm³/mol. The number of nitrogens with zero attached hydrogens (tertiary/aromatic N) is 2. The van der Waals surface area contributed by atoms with Gasteiger partial charge >= 0.3 is 0 Å². The van der Waals surface area contributed by atoms with Crippen LogP contribution in [0.5, 0.6) is 0 Å². The summed E-state index contributed by atoms with van der Waals surface area (Å²) in [6.45, 7) is 0.295. The number of rotatable bonds is 4. The lowest BCUT2D eigenvalue weighted by Gasteiger charge is -1.99. The number of nitriles is 1. The predicted octanol–water partition coefficient (Wildman–Crippen LogP) is 3.64. The summed E-state index contributed by atoms with van der Waals surface area (Å²) in [5.41, 5.74) is 2.23. The van der Waals surface area contributed by atoms with E-state index in [-0.39, 0.29) is 0 Å². The molecular formula is C15H10ClN2O. The Morgan fingerprint density at radius 3 is 2.68 bits per heavy atom. The number of hydrogen-bond donors (Lipinski definition) is 0. The first kappa shape index (κ1) is 13.1. The Labute approximate surface area is 116 Å². The smallest absolute Gasteiger partial charge is 0.142 e. The van der Waals surface area contributed by atoms with E-state index in [0.717, 1.165) is 11.1 Å². The van der Waals surface area contributed by atoms with Gasteiger partial charge in [0.1, 0.15) is 12.8 Å². The number of halogens is 1. The molecule has 0 aliphatic rings. The van der Waals surface area contributed by atoms with Gasteiger partial charge in [-0.25, -0.2) is 0 Å². The molecule has 0 unspecified atom stereocenters. The highest BCUT2D eigenvalue weighted by atomic mass is 35.5. The molecule has 0 N–H and O–H groups in total. The second kappa shape index (κ2) is 6.58. The van der Waals surface area contributed by atoms with Crippen LogP contribution >= 0.6 is 11.6 Å². The fourth-order valence-electron chi connectivity index (χ4n) is 1.48. The van der Waals surface area contributed by atoms with Crippen molar-refractivity contribution < 1.29 is 4.84 Å². The Kier molecular flexibility index (Phi) is 4.54. The molecule has 2 rings (SSSR count). The minimum Gasteiger partial charge on any atom is -0.390 e. The van der Waals surface area contributed by atoms with Crippen LogP contribution in [-0.4, -0.2) is 6.21 Å². The molecule has 2 aromatic carbocycles. The monoisotopic (exact) mass is 269 g/mol. The highest BCUT2D eigenvalue weighted by molar-refractivity contribution is 6.30. The minimum absolute atomic E-state index is 0.295. The van der Waals surface area contributed by atoms with Crippen LogP contribution in [0.1, 0.15) is 16.7 Å². The zero-order chi connectivity index (χ0) is 13.5. The molecule has 0 spiro atoms. The van der Waals surface area contributed by atoms with Gasteiger partial charge < -0.3 is 4.84 Å². The standard InChI is InChI=1S/C15H10ClN2O/c16-15-6-2-4-13(8-15)10-18-19-11-14-5-1-3-12(7-14)9-17/h1-8H,11H2. The third-order valence-corrected chi connectivity index (χ3v) is 2.59. The lowest BCUT2D eigenvalue weighted by Crippen LogP contribution is -1.89. The summed E-state index contributed by atoms with van der Waals surface area (Å²) in [7, 11) is 0. The quantitative estimate of drug-likeness (QED) is 0.628. The van der Waals surface area contributed by atoms with Gasteiger partial charge in [0.25, 0.3) is 0 Å². The van der Waals surface area contributed by atoms with Crippen molar-refractivity contribution in [2.75, 3.05) is 0 Å². The van der Waals surface area contributed by atoms with E-state index >= 15 is 0 Å². The fraction of sp³-hybridized carbons (Fsp3) is 0.0667. The van der Waals surface area contributed by atoms with Crippen LogP contribution in [0.3, 0.4) is 0 Å². The molecule has 0 fully saturated rings. The van der Waals surface area contributed by atoms with Crippen molar-refractivity contribution in [3.8, 4) is 6.07 Å². The van der Waals surface area contributed by atoms with E-state index in [4.69, 9.17) is 21.7 Å². The fourth-order valence-corrected chi connectivity index (χ4v) is 1.67. The molecule has 0 amide bonds. The Morgan fingerprint density at radius 2 is 1.89 bits per heavy atom. The van der Waals surface area contributed by atoms with Gasteiger partial charge in [-0.05, 0) is 29.8 Å². The summed E-state index contributed by atoms with van der Waals surface area (Å²) in [6, 6.07) is 16.4. The molecule has 0 aliphatic heterocycles. The topological polar surface area (TPSA) is 45.4 Å². The molecule has 0 saturated carbocycles. The van der Waals surface area contributed by atoms with Crippen LogP contribution in [0, 0.1) is 11.3 Å². The Hall–Kier alpha value is -2.31. The van der Waals surface area contributed by atoms with Gasteiger partial charge in [-0.2, -0.15) is 5.26 Å². The molecule has 0 heterocycles. The maximum absolute atomic E-state index is 8.77. The number of hydrogen-bond acceptors (Lipinski definition) is 3. The van der Waals surface area contributed by atoms with E-state index in [1.807, 2.05) is 24.3 Å². The maximum Gasteiger partial charge on any atom is 0.142 e. The summed E-state index contributed by atoms with van der Waals surface area (Å²) in [6.07, 6.45) is 2.74. The largest absolute Gasteiger partial charge is 0.390 e. The normalized spacial score (nSPS) is 10.3. The van der Waals surface area contributed by atoms with Crippen LogP contribution in [0.2, 0.25) is 5.02 Å². The van der Waals surface area contributed by atoms with Crippen molar-refractivity contribution in [2.24, 2.45) is 5.16 Å². The third kappa shape index (κ3) is 4.13. The van der Waals surface area contributed by atoms with E-state index in [0.29, 0.717) is 17.2 Å². The van der Waals surface area contributed by atoms with Crippen LogP contribution in [0.15, 0.2) is 53.7 Å². The second-order valence-electron chi connectivity index (χ2n) is 3.80. The molecule has 3 nitrogen and oxygen atoms in total. The molecule has 1 radical (unpaired) electrons. The molecule has 2 aromatic rings. The lowest BCUT2D eigenvalue weighted by molar-refractivity contribution is 0.132. The van der Waals surface area contributed by atoms with Crippen molar-refractivity contribution in [3.05, 3.63) is 70.2 Å². The first-order valence-corrected chi connectivity index (χ1v) is 5.98. The summed E-state index contributed by atoms with van der Waals surface area (Å²) in [5.74, 6) is 0. The van der Waals surface area contributed by atoms with Gasteiger partial charge in [0, 0.05) is 10.6 Å². The van der Waals surface area contributed by atoms with Crippen LogP contribution in [0.25, 0.3) is 0 Å². The molecule has 0 aliphatic carbocycles. The van der Waals surface area contributed by atoms with Gasteiger partial charge in [0.05, 0.1) is 11.6 Å². The number of benzene rings is 2. The summed E-state index contributed by atoms with van der Waals surface area (Å²) >= 11 is 5.83. The molecule has 19 heavy (non-hydrogen) atoms. The van der Waals surface area contributed by atoms with Gasteiger partial charge in [0.15, 0.2) is 0 Å². The third-order valence-electron chi connectivity index (χ3n) is 2.35. The summed E-state index contributed by atoms with van der Waals surface area (Å²) in [4.78, 5) is 5.12. The van der Waals surface area contributed by atoms with Crippen molar-refractivity contribution in [2.45, 2.75) is 6.61 Å². The van der Waals surface area contributed by atoms with E-state index in [1.54, 1.807) is 24.3 Å². The molecule has 0 saturated heterocycles. The zero-order valence-corrected chi connectivity index (χ0v) is 10.8. The first-order valence-electron chi connectivity index (χ1n) is 5.60. The van der Waals surface area contributed by atoms with Crippen molar-refractivity contribution in [1.82, 2.24) is 0 Å².